The van der Waals surface area contributed by atoms with E-state index in [9.17, 15) is 0 Å². The largest absolute Gasteiger partial charge is 0.323 e. The zero-order valence-electron chi connectivity index (χ0n) is 12.3. The van der Waals surface area contributed by atoms with Gasteiger partial charge >= 0.3 is 0 Å². The van der Waals surface area contributed by atoms with E-state index >= 15 is 0 Å². The molecule has 0 radical (unpaired) electrons. The molecule has 0 N–H and O–H groups in total. The van der Waals surface area contributed by atoms with Crippen molar-refractivity contribution in [1.29, 1.82) is 0 Å². The minimum Gasteiger partial charge on any atom is -0.323 e. The highest BCUT2D eigenvalue weighted by molar-refractivity contribution is 6.20. The molecule has 2 atom stereocenters. The number of fused-ring (bicyclic) bond motifs is 3. The SMILES string of the molecule is CC(Cl)c1nc2cnc3ccccc3c2n1C(C)C1CC1. The summed E-state index contributed by atoms with van der Waals surface area (Å²) >= 11 is 6.40. The van der Waals surface area contributed by atoms with Crippen LogP contribution in [-0.4, -0.2) is 14.5 Å². The minimum atomic E-state index is -0.0997. The van der Waals surface area contributed by atoms with E-state index in [1.54, 1.807) is 0 Å². The molecule has 4 heteroatoms. The van der Waals surface area contributed by atoms with Gasteiger partial charge in [-0.25, -0.2) is 4.98 Å². The predicted molar refractivity (Wildman–Crippen MR) is 86.7 cm³/mol. The summed E-state index contributed by atoms with van der Waals surface area (Å²) in [7, 11) is 0. The zero-order valence-corrected chi connectivity index (χ0v) is 13.0. The third kappa shape index (κ3) is 2.03. The molecule has 0 saturated heterocycles. The predicted octanol–water partition coefficient (Wildman–Crippen LogP) is 4.86. The Morgan fingerprint density at radius 1 is 1.19 bits per heavy atom. The van der Waals surface area contributed by atoms with Gasteiger partial charge in [-0.1, -0.05) is 18.2 Å². The van der Waals surface area contributed by atoms with E-state index in [1.807, 2.05) is 19.2 Å². The smallest absolute Gasteiger partial charge is 0.128 e. The summed E-state index contributed by atoms with van der Waals surface area (Å²) in [6, 6.07) is 8.71. The van der Waals surface area contributed by atoms with Crippen LogP contribution in [0.15, 0.2) is 30.5 Å². The summed E-state index contributed by atoms with van der Waals surface area (Å²) < 4.78 is 2.36. The molecule has 0 bridgehead atoms. The van der Waals surface area contributed by atoms with Gasteiger partial charge in [0, 0.05) is 11.4 Å². The number of para-hydroxylation sites is 1. The van der Waals surface area contributed by atoms with Crippen molar-refractivity contribution in [3.63, 3.8) is 0 Å². The van der Waals surface area contributed by atoms with Crippen LogP contribution in [0.2, 0.25) is 0 Å². The lowest BCUT2D eigenvalue weighted by Gasteiger charge is -2.18. The molecular formula is C17H18ClN3. The molecule has 2 unspecified atom stereocenters. The standard InChI is InChI=1S/C17H18ClN3/c1-10(18)17-20-15-9-19-14-6-4-3-5-13(14)16(15)21(17)11(2)12-7-8-12/h3-6,9-12H,7-8H2,1-2H3. The topological polar surface area (TPSA) is 30.7 Å². The van der Waals surface area contributed by atoms with E-state index in [2.05, 4.69) is 34.7 Å². The lowest BCUT2D eigenvalue weighted by Crippen LogP contribution is -2.11. The van der Waals surface area contributed by atoms with Crippen molar-refractivity contribution >= 4 is 33.5 Å². The number of aromatic nitrogens is 3. The second-order valence-electron chi connectivity index (χ2n) is 6.04. The highest BCUT2D eigenvalue weighted by Gasteiger charge is 2.32. The van der Waals surface area contributed by atoms with Crippen molar-refractivity contribution in [2.45, 2.75) is 38.1 Å². The van der Waals surface area contributed by atoms with Crippen molar-refractivity contribution in [2.24, 2.45) is 5.92 Å². The van der Waals surface area contributed by atoms with Crippen molar-refractivity contribution in [2.75, 3.05) is 0 Å². The van der Waals surface area contributed by atoms with Gasteiger partial charge in [0.05, 0.1) is 22.6 Å². The Morgan fingerprint density at radius 3 is 2.67 bits per heavy atom. The van der Waals surface area contributed by atoms with E-state index < -0.39 is 0 Å². The fourth-order valence-corrected chi connectivity index (χ4v) is 3.38. The lowest BCUT2D eigenvalue weighted by molar-refractivity contribution is 0.480. The molecule has 0 aliphatic heterocycles. The molecule has 1 saturated carbocycles. The first kappa shape index (κ1) is 13.1. The van der Waals surface area contributed by atoms with E-state index in [0.29, 0.717) is 6.04 Å². The maximum atomic E-state index is 6.40. The summed E-state index contributed by atoms with van der Waals surface area (Å²) in [6.07, 6.45) is 4.48. The van der Waals surface area contributed by atoms with Crippen LogP contribution in [-0.2, 0) is 0 Å². The third-order valence-corrected chi connectivity index (χ3v) is 4.71. The first-order valence-electron chi connectivity index (χ1n) is 7.56. The van der Waals surface area contributed by atoms with Gasteiger partial charge < -0.3 is 4.57 Å². The summed E-state index contributed by atoms with van der Waals surface area (Å²) in [4.78, 5) is 9.29. The number of rotatable bonds is 3. The van der Waals surface area contributed by atoms with Crippen molar-refractivity contribution in [3.8, 4) is 0 Å². The van der Waals surface area contributed by atoms with E-state index in [0.717, 1.165) is 22.8 Å². The van der Waals surface area contributed by atoms with Crippen LogP contribution in [0.25, 0.3) is 21.9 Å². The summed E-state index contributed by atoms with van der Waals surface area (Å²) in [5.41, 5.74) is 3.15. The quantitative estimate of drug-likeness (QED) is 0.647. The van der Waals surface area contributed by atoms with Crippen molar-refractivity contribution in [3.05, 3.63) is 36.3 Å². The Bertz CT molecular complexity index is 817. The summed E-state index contributed by atoms with van der Waals surface area (Å²) in [5.74, 6) is 1.72. The number of benzene rings is 1. The molecule has 0 spiro atoms. The normalized spacial score (nSPS) is 18.2. The van der Waals surface area contributed by atoms with Crippen LogP contribution in [0.4, 0.5) is 0 Å². The van der Waals surface area contributed by atoms with Crippen LogP contribution in [0.5, 0.6) is 0 Å². The van der Waals surface area contributed by atoms with Crippen molar-refractivity contribution < 1.29 is 0 Å². The van der Waals surface area contributed by atoms with Crippen LogP contribution >= 0.6 is 11.6 Å². The van der Waals surface area contributed by atoms with Gasteiger partial charge in [-0.15, -0.1) is 11.6 Å². The molecule has 2 heterocycles. The van der Waals surface area contributed by atoms with Gasteiger partial charge in [0.15, 0.2) is 0 Å². The average Bonchev–Trinajstić information content (AvgIpc) is 3.25. The molecule has 0 amide bonds. The lowest BCUT2D eigenvalue weighted by atomic mass is 10.1. The van der Waals surface area contributed by atoms with Crippen molar-refractivity contribution in [1.82, 2.24) is 14.5 Å². The number of imidazole rings is 1. The molecule has 3 aromatic rings. The van der Waals surface area contributed by atoms with Gasteiger partial charge in [0.1, 0.15) is 11.3 Å². The molecule has 2 aromatic heterocycles. The van der Waals surface area contributed by atoms with E-state index in [-0.39, 0.29) is 5.38 Å². The Balaban J connectivity index is 2.09. The molecule has 4 rings (SSSR count). The van der Waals surface area contributed by atoms with Crippen LogP contribution in [0.1, 0.15) is 43.9 Å². The molecular weight excluding hydrogens is 282 g/mol. The van der Waals surface area contributed by atoms with Gasteiger partial charge in [0.25, 0.3) is 0 Å². The first-order valence-corrected chi connectivity index (χ1v) is 8.00. The number of hydrogen-bond acceptors (Lipinski definition) is 2. The Morgan fingerprint density at radius 2 is 1.95 bits per heavy atom. The minimum absolute atomic E-state index is 0.0997. The fraction of sp³-hybridized carbons (Fsp3) is 0.412. The number of alkyl halides is 1. The van der Waals surface area contributed by atoms with Gasteiger partial charge in [0.2, 0.25) is 0 Å². The number of halogens is 1. The number of pyridine rings is 1. The van der Waals surface area contributed by atoms with Crippen LogP contribution in [0.3, 0.4) is 0 Å². The van der Waals surface area contributed by atoms with Gasteiger partial charge in [-0.05, 0) is 38.7 Å². The van der Waals surface area contributed by atoms with E-state index in [4.69, 9.17) is 16.6 Å². The molecule has 1 aliphatic carbocycles. The highest BCUT2D eigenvalue weighted by Crippen LogP contribution is 2.43. The monoisotopic (exact) mass is 299 g/mol. The second kappa shape index (κ2) is 4.70. The Hall–Kier alpha value is -1.61. The molecule has 108 valence electrons. The highest BCUT2D eigenvalue weighted by atomic mass is 35.5. The van der Waals surface area contributed by atoms with Gasteiger partial charge in [-0.3, -0.25) is 4.98 Å². The molecule has 21 heavy (non-hydrogen) atoms. The maximum Gasteiger partial charge on any atom is 0.128 e. The molecule has 1 fully saturated rings. The summed E-state index contributed by atoms with van der Waals surface area (Å²) in [6.45, 7) is 4.28. The molecule has 1 aromatic carbocycles. The Kier molecular flexibility index (Phi) is 2.93. The first-order chi connectivity index (χ1) is 10.2. The number of nitrogens with zero attached hydrogens (tertiary/aromatic N) is 3. The van der Waals surface area contributed by atoms with Crippen LogP contribution < -0.4 is 0 Å². The average molecular weight is 300 g/mol. The zero-order chi connectivity index (χ0) is 14.6. The summed E-state index contributed by atoms with van der Waals surface area (Å²) in [5, 5.41) is 1.07. The van der Waals surface area contributed by atoms with Crippen LogP contribution in [0, 0.1) is 5.92 Å². The third-order valence-electron chi connectivity index (χ3n) is 4.52. The maximum absolute atomic E-state index is 6.40. The van der Waals surface area contributed by atoms with Gasteiger partial charge in [-0.2, -0.15) is 0 Å². The van der Waals surface area contributed by atoms with E-state index in [1.165, 1.54) is 23.7 Å². The molecule has 1 aliphatic rings. The fourth-order valence-electron chi connectivity index (χ4n) is 3.23. The number of hydrogen-bond donors (Lipinski definition) is 0. The molecule has 3 nitrogen and oxygen atoms in total. The Labute approximate surface area is 129 Å². The second-order valence-corrected chi connectivity index (χ2v) is 6.70.